The Morgan fingerprint density at radius 2 is 1.59 bits per heavy atom. The molecule has 5 nitrogen and oxygen atoms in total. The van der Waals surface area contributed by atoms with Gasteiger partial charge in [0.2, 0.25) is 0 Å². The number of halogens is 3. The summed E-state index contributed by atoms with van der Waals surface area (Å²) in [5.74, 6) is 1.26. The second-order valence-corrected chi connectivity index (χ2v) is 8.38. The fraction of sp³-hybridized carbons (Fsp3) is 0.240. The lowest BCUT2D eigenvalue weighted by Crippen LogP contribution is -2.10. The van der Waals surface area contributed by atoms with E-state index < -0.39 is 24.3 Å². The molecule has 0 bridgehead atoms. The normalized spacial score (nSPS) is 11.2. The molecule has 3 rings (SSSR count). The Morgan fingerprint density at radius 3 is 2.18 bits per heavy atom. The fourth-order valence-corrected chi connectivity index (χ4v) is 4.07. The van der Waals surface area contributed by atoms with Gasteiger partial charge in [-0.3, -0.25) is 0 Å². The molecule has 0 amide bonds. The zero-order valence-corrected chi connectivity index (χ0v) is 19.3. The number of thioether (sulfide) groups is 1. The van der Waals surface area contributed by atoms with Crippen molar-refractivity contribution in [2.45, 2.75) is 30.4 Å². The Hall–Kier alpha value is -3.33. The number of aliphatic carboxylic acids is 1. The monoisotopic (exact) mass is 492 g/mol. The van der Waals surface area contributed by atoms with Gasteiger partial charge in [0, 0.05) is 11.8 Å². The van der Waals surface area contributed by atoms with Gasteiger partial charge in [-0.05, 0) is 53.9 Å². The Balaban J connectivity index is 1.56. The van der Waals surface area contributed by atoms with Crippen molar-refractivity contribution in [2.24, 2.45) is 0 Å². The Morgan fingerprint density at radius 1 is 0.941 bits per heavy atom. The highest BCUT2D eigenvalue weighted by Gasteiger charge is 2.29. The summed E-state index contributed by atoms with van der Waals surface area (Å²) in [6.45, 7) is 1.58. The molecule has 0 saturated heterocycles. The second kappa shape index (κ2) is 11.2. The summed E-state index contributed by atoms with van der Waals surface area (Å²) < 4.78 is 54.4. The third-order valence-corrected chi connectivity index (χ3v) is 5.92. The summed E-state index contributed by atoms with van der Waals surface area (Å²) in [6.07, 6.45) is -4.36. The van der Waals surface area contributed by atoms with E-state index in [2.05, 4.69) is 0 Å². The van der Waals surface area contributed by atoms with E-state index in [0.717, 1.165) is 28.2 Å². The van der Waals surface area contributed by atoms with E-state index in [1.165, 1.54) is 12.1 Å². The van der Waals surface area contributed by atoms with E-state index in [0.29, 0.717) is 28.6 Å². The predicted octanol–water partition coefficient (Wildman–Crippen LogP) is 6.36. The van der Waals surface area contributed by atoms with Crippen molar-refractivity contribution in [3.05, 3.63) is 82.9 Å². The van der Waals surface area contributed by atoms with Crippen LogP contribution in [0.25, 0.3) is 0 Å². The maximum atomic E-state index is 12.7. The average Bonchev–Trinajstić information content (AvgIpc) is 2.81. The molecule has 0 saturated carbocycles. The van der Waals surface area contributed by atoms with Gasteiger partial charge in [-0.25, -0.2) is 4.79 Å². The third kappa shape index (κ3) is 7.08. The number of methoxy groups -OCH3 is 1. The maximum absolute atomic E-state index is 12.7. The van der Waals surface area contributed by atoms with Crippen molar-refractivity contribution in [1.29, 1.82) is 0 Å². The van der Waals surface area contributed by atoms with E-state index in [9.17, 15) is 18.0 Å². The minimum atomic E-state index is -4.36. The molecule has 3 aromatic carbocycles. The highest BCUT2D eigenvalue weighted by atomic mass is 32.2. The van der Waals surface area contributed by atoms with Gasteiger partial charge in [-0.1, -0.05) is 24.3 Å². The third-order valence-electron chi connectivity index (χ3n) is 4.82. The molecular formula is C25H23F3O5S. The maximum Gasteiger partial charge on any atom is 0.416 e. The molecule has 0 aliphatic heterocycles. The first-order valence-corrected chi connectivity index (χ1v) is 11.2. The molecule has 0 heterocycles. The Bertz CT molecular complexity index is 1110. The summed E-state index contributed by atoms with van der Waals surface area (Å²) in [5, 5.41) is 8.80. The van der Waals surface area contributed by atoms with Gasteiger partial charge in [0.05, 0.1) is 17.6 Å². The van der Waals surface area contributed by atoms with Gasteiger partial charge in [0.25, 0.3) is 0 Å². The molecule has 0 radical (unpaired) electrons. The lowest BCUT2D eigenvalue weighted by Gasteiger charge is -2.14. The van der Waals surface area contributed by atoms with Crippen molar-refractivity contribution in [2.75, 3.05) is 13.7 Å². The summed E-state index contributed by atoms with van der Waals surface area (Å²) in [5.41, 5.74) is 1.80. The van der Waals surface area contributed by atoms with E-state index in [1.54, 1.807) is 24.9 Å². The number of rotatable bonds is 10. The van der Waals surface area contributed by atoms with Crippen LogP contribution in [-0.2, 0) is 23.3 Å². The second-order valence-electron chi connectivity index (χ2n) is 7.37. The van der Waals surface area contributed by atoms with Crippen LogP contribution in [0.15, 0.2) is 65.6 Å². The molecular weight excluding hydrogens is 469 g/mol. The molecule has 0 fully saturated rings. The Kier molecular flexibility index (Phi) is 8.33. The Labute approximate surface area is 199 Å². The zero-order chi connectivity index (χ0) is 24.7. The molecule has 180 valence electrons. The number of carboxylic acid groups (broad SMARTS) is 1. The van der Waals surface area contributed by atoms with Crippen molar-refractivity contribution in [3.8, 4) is 17.2 Å². The molecule has 0 spiro atoms. The summed E-state index contributed by atoms with van der Waals surface area (Å²) in [6, 6.07) is 15.9. The first-order valence-electron chi connectivity index (χ1n) is 10.2. The number of alkyl halides is 3. The van der Waals surface area contributed by atoms with E-state index in [1.807, 2.05) is 37.3 Å². The van der Waals surface area contributed by atoms with E-state index in [4.69, 9.17) is 19.3 Å². The van der Waals surface area contributed by atoms with Crippen LogP contribution in [0.1, 0.15) is 22.3 Å². The minimum Gasteiger partial charge on any atom is -0.495 e. The highest BCUT2D eigenvalue weighted by Crippen LogP contribution is 2.37. The van der Waals surface area contributed by atoms with E-state index in [-0.39, 0.29) is 6.61 Å². The van der Waals surface area contributed by atoms with Crippen molar-refractivity contribution < 1.29 is 37.3 Å². The molecule has 0 aromatic heterocycles. The van der Waals surface area contributed by atoms with Gasteiger partial charge in [-0.2, -0.15) is 13.2 Å². The van der Waals surface area contributed by atoms with Crippen LogP contribution >= 0.6 is 11.8 Å². The molecule has 0 aliphatic rings. The average molecular weight is 493 g/mol. The quantitative estimate of drug-likeness (QED) is 0.333. The zero-order valence-electron chi connectivity index (χ0n) is 18.5. The lowest BCUT2D eigenvalue weighted by molar-refractivity contribution is -0.139. The number of aryl methyl sites for hydroxylation is 1. The van der Waals surface area contributed by atoms with Gasteiger partial charge >= 0.3 is 12.1 Å². The van der Waals surface area contributed by atoms with Crippen LogP contribution in [0.4, 0.5) is 13.2 Å². The van der Waals surface area contributed by atoms with Gasteiger partial charge in [-0.15, -0.1) is 11.8 Å². The summed E-state index contributed by atoms with van der Waals surface area (Å²) >= 11 is 1.56. The smallest absolute Gasteiger partial charge is 0.416 e. The number of carboxylic acids is 1. The minimum absolute atomic E-state index is 0.166. The van der Waals surface area contributed by atoms with Crippen LogP contribution < -0.4 is 14.2 Å². The van der Waals surface area contributed by atoms with Crippen molar-refractivity contribution >= 4 is 17.7 Å². The highest BCUT2D eigenvalue weighted by molar-refractivity contribution is 7.98. The van der Waals surface area contributed by atoms with Crippen molar-refractivity contribution in [3.63, 3.8) is 0 Å². The topological polar surface area (TPSA) is 65.0 Å². The first kappa shape index (κ1) is 25.3. The number of hydrogen-bond acceptors (Lipinski definition) is 5. The largest absolute Gasteiger partial charge is 0.495 e. The molecule has 0 unspecified atom stereocenters. The van der Waals surface area contributed by atoms with Gasteiger partial charge < -0.3 is 19.3 Å². The van der Waals surface area contributed by atoms with Crippen molar-refractivity contribution in [1.82, 2.24) is 0 Å². The number of carbonyl (C=O) groups is 1. The molecule has 0 atom stereocenters. The fourth-order valence-electron chi connectivity index (χ4n) is 3.01. The SMILES string of the molecule is COc1cc(OCC(=O)O)c(C)cc1SCc1ccc(OCc2ccc(C(F)(F)F)cc2)cc1. The number of ether oxygens (including phenoxy) is 3. The van der Waals surface area contributed by atoms with Crippen LogP contribution in [0.3, 0.4) is 0 Å². The predicted molar refractivity (Wildman–Crippen MR) is 123 cm³/mol. The molecule has 0 aliphatic carbocycles. The van der Waals surface area contributed by atoms with Crippen LogP contribution in [0.5, 0.6) is 17.2 Å². The van der Waals surface area contributed by atoms with Gasteiger partial charge in [0.1, 0.15) is 23.9 Å². The molecule has 9 heteroatoms. The van der Waals surface area contributed by atoms with Crippen LogP contribution in [0.2, 0.25) is 0 Å². The number of benzene rings is 3. The van der Waals surface area contributed by atoms with Crippen LogP contribution in [-0.4, -0.2) is 24.8 Å². The molecule has 1 N–H and O–H groups in total. The molecule has 34 heavy (non-hydrogen) atoms. The van der Waals surface area contributed by atoms with Gasteiger partial charge in [0.15, 0.2) is 6.61 Å². The standard InChI is InChI=1S/C25H23F3O5S/c1-16-11-23(22(31-2)12-21(16)33-14-24(29)30)34-15-18-5-9-20(10-6-18)32-13-17-3-7-19(8-4-17)25(26,27)28/h3-12H,13-15H2,1-2H3,(H,29,30). The summed E-state index contributed by atoms with van der Waals surface area (Å²) in [4.78, 5) is 11.6. The van der Waals surface area contributed by atoms with E-state index >= 15 is 0 Å². The summed E-state index contributed by atoms with van der Waals surface area (Å²) in [7, 11) is 1.54. The molecule has 3 aromatic rings. The lowest BCUT2D eigenvalue weighted by atomic mass is 10.1. The first-order chi connectivity index (χ1) is 16.2. The van der Waals surface area contributed by atoms with Crippen LogP contribution in [0, 0.1) is 6.92 Å². The number of hydrogen-bond donors (Lipinski definition) is 1.